The maximum Gasteiger partial charge on any atom is 0.249 e. The van der Waals surface area contributed by atoms with Gasteiger partial charge in [0.25, 0.3) is 0 Å². The highest BCUT2D eigenvalue weighted by molar-refractivity contribution is 8.01. The average molecular weight is 421 g/mol. The number of rotatable bonds is 5. The van der Waals surface area contributed by atoms with Gasteiger partial charge in [-0.05, 0) is 25.8 Å². The van der Waals surface area contributed by atoms with Crippen LogP contribution in [0.2, 0.25) is 0 Å². The van der Waals surface area contributed by atoms with Crippen LogP contribution in [0.25, 0.3) is 0 Å². The molecule has 0 radical (unpaired) electrons. The van der Waals surface area contributed by atoms with Gasteiger partial charge in [-0.3, -0.25) is 14.9 Å². The van der Waals surface area contributed by atoms with Gasteiger partial charge in [-0.15, -0.1) is 22.0 Å². The number of carbonyl (C=O) groups is 2. The number of nitrogens with one attached hydrogen (secondary N) is 1. The summed E-state index contributed by atoms with van der Waals surface area (Å²) in [6.45, 7) is 4.11. The van der Waals surface area contributed by atoms with E-state index in [1.165, 1.54) is 22.5 Å². The monoisotopic (exact) mass is 420 g/mol. The van der Waals surface area contributed by atoms with Gasteiger partial charge in [0.15, 0.2) is 4.34 Å². The molecule has 3 heterocycles. The SMILES string of the molecule is Cc1ccc(CSc2nnc(NC(=O)[C@H]3CS[C@@]4(C)CCC(=O)N34)s2)cc1. The topological polar surface area (TPSA) is 75.2 Å². The van der Waals surface area contributed by atoms with E-state index >= 15 is 0 Å². The summed E-state index contributed by atoms with van der Waals surface area (Å²) in [6.07, 6.45) is 1.32. The molecule has 2 atom stereocenters. The molecule has 2 fully saturated rings. The van der Waals surface area contributed by atoms with Crippen LogP contribution >= 0.6 is 34.9 Å². The molecule has 1 aromatic carbocycles. The summed E-state index contributed by atoms with van der Waals surface area (Å²) in [5.74, 6) is 1.33. The lowest BCUT2D eigenvalue weighted by Crippen LogP contribution is -2.48. The molecule has 0 saturated carbocycles. The molecular weight excluding hydrogens is 400 g/mol. The molecule has 1 aromatic heterocycles. The summed E-state index contributed by atoms with van der Waals surface area (Å²) in [5.41, 5.74) is 2.46. The van der Waals surface area contributed by atoms with Gasteiger partial charge in [-0.1, -0.05) is 52.9 Å². The van der Waals surface area contributed by atoms with Crippen LogP contribution in [0.1, 0.15) is 30.9 Å². The van der Waals surface area contributed by atoms with E-state index in [2.05, 4.69) is 46.7 Å². The van der Waals surface area contributed by atoms with Crippen molar-refractivity contribution < 1.29 is 9.59 Å². The molecule has 0 bridgehead atoms. The number of nitrogens with zero attached hydrogens (tertiary/aromatic N) is 3. The number of hydrogen-bond donors (Lipinski definition) is 1. The molecule has 0 aliphatic carbocycles. The molecule has 9 heteroatoms. The van der Waals surface area contributed by atoms with Gasteiger partial charge in [0.05, 0.1) is 4.87 Å². The summed E-state index contributed by atoms with van der Waals surface area (Å²) < 4.78 is 0.814. The molecule has 27 heavy (non-hydrogen) atoms. The van der Waals surface area contributed by atoms with E-state index in [1.54, 1.807) is 28.4 Å². The Balaban J connectivity index is 1.36. The highest BCUT2D eigenvalue weighted by atomic mass is 32.2. The number of benzene rings is 1. The van der Waals surface area contributed by atoms with E-state index in [0.29, 0.717) is 17.3 Å². The lowest BCUT2D eigenvalue weighted by atomic mass is 10.2. The average Bonchev–Trinajstić information content (AvgIpc) is 3.31. The molecule has 2 aromatic rings. The van der Waals surface area contributed by atoms with Crippen molar-refractivity contribution in [3.63, 3.8) is 0 Å². The van der Waals surface area contributed by atoms with Crippen LogP contribution in [0, 0.1) is 6.92 Å². The fraction of sp³-hybridized carbons (Fsp3) is 0.444. The number of thioether (sulfide) groups is 2. The standard InChI is InChI=1S/C18H20N4O2S3/c1-11-3-5-12(6-4-11)9-25-17-21-20-16(27-17)19-15(24)13-10-26-18(2)8-7-14(23)22(13)18/h3-6,13H,7-10H2,1-2H3,(H,19,20,24)/t13-,18+/m1/s1. The van der Waals surface area contributed by atoms with Crippen LogP contribution in [0.4, 0.5) is 5.13 Å². The van der Waals surface area contributed by atoms with Crippen LogP contribution in [0.5, 0.6) is 0 Å². The van der Waals surface area contributed by atoms with Gasteiger partial charge < -0.3 is 4.90 Å². The molecule has 2 aliphatic heterocycles. The van der Waals surface area contributed by atoms with Crippen LogP contribution in [-0.2, 0) is 15.3 Å². The van der Waals surface area contributed by atoms with Crippen LogP contribution in [0.3, 0.4) is 0 Å². The van der Waals surface area contributed by atoms with Gasteiger partial charge >= 0.3 is 0 Å². The van der Waals surface area contributed by atoms with Crippen molar-refractivity contribution >= 4 is 51.8 Å². The largest absolute Gasteiger partial charge is 0.315 e. The van der Waals surface area contributed by atoms with Crippen molar-refractivity contribution in [2.24, 2.45) is 0 Å². The number of hydrogen-bond acceptors (Lipinski definition) is 7. The Labute approximate surface area is 170 Å². The minimum atomic E-state index is -0.428. The summed E-state index contributed by atoms with van der Waals surface area (Å²) in [5, 5.41) is 11.6. The minimum Gasteiger partial charge on any atom is -0.315 e. The van der Waals surface area contributed by atoms with Crippen molar-refractivity contribution in [2.75, 3.05) is 11.1 Å². The number of anilines is 1. The Morgan fingerprint density at radius 3 is 2.93 bits per heavy atom. The molecule has 142 valence electrons. The third-order valence-electron chi connectivity index (χ3n) is 4.87. The quantitative estimate of drug-likeness (QED) is 0.589. The number of aromatic nitrogens is 2. The zero-order valence-corrected chi connectivity index (χ0v) is 17.5. The fourth-order valence-corrected chi connectivity index (χ4v) is 6.49. The predicted octanol–water partition coefficient (Wildman–Crippen LogP) is 3.53. The Kier molecular flexibility index (Phi) is 5.17. The summed E-state index contributed by atoms with van der Waals surface area (Å²) >= 11 is 4.65. The van der Waals surface area contributed by atoms with Crippen molar-refractivity contribution in [3.05, 3.63) is 35.4 Å². The molecule has 6 nitrogen and oxygen atoms in total. The fourth-order valence-electron chi connectivity index (χ4n) is 3.35. The van der Waals surface area contributed by atoms with Gasteiger partial charge in [0.2, 0.25) is 16.9 Å². The zero-order valence-electron chi connectivity index (χ0n) is 15.1. The normalized spacial score (nSPS) is 24.3. The summed E-state index contributed by atoms with van der Waals surface area (Å²) in [4.78, 5) is 26.4. The predicted molar refractivity (Wildman–Crippen MR) is 110 cm³/mol. The van der Waals surface area contributed by atoms with E-state index in [9.17, 15) is 9.59 Å². The highest BCUT2D eigenvalue weighted by Crippen LogP contribution is 2.47. The summed E-state index contributed by atoms with van der Waals surface area (Å²) in [7, 11) is 0. The summed E-state index contributed by atoms with van der Waals surface area (Å²) in [6, 6.07) is 7.97. The van der Waals surface area contributed by atoms with Crippen molar-refractivity contribution in [1.82, 2.24) is 15.1 Å². The van der Waals surface area contributed by atoms with E-state index in [1.807, 2.05) is 6.92 Å². The zero-order chi connectivity index (χ0) is 19.0. The van der Waals surface area contributed by atoms with E-state index in [-0.39, 0.29) is 16.7 Å². The van der Waals surface area contributed by atoms with Crippen molar-refractivity contribution in [1.29, 1.82) is 0 Å². The molecule has 2 aliphatic rings. The third kappa shape index (κ3) is 3.86. The lowest BCUT2D eigenvalue weighted by Gasteiger charge is -2.29. The molecule has 1 N–H and O–H groups in total. The first-order valence-corrected chi connectivity index (χ1v) is 11.5. The number of aryl methyl sites for hydroxylation is 1. The van der Waals surface area contributed by atoms with Gasteiger partial charge in [0.1, 0.15) is 6.04 Å². The molecule has 0 spiro atoms. The first kappa shape index (κ1) is 18.8. The van der Waals surface area contributed by atoms with Crippen LogP contribution in [-0.4, -0.2) is 43.6 Å². The van der Waals surface area contributed by atoms with Crippen LogP contribution in [0.15, 0.2) is 28.6 Å². The number of amides is 2. The number of fused-ring (bicyclic) bond motifs is 1. The first-order valence-electron chi connectivity index (χ1n) is 8.73. The van der Waals surface area contributed by atoms with Gasteiger partial charge in [0, 0.05) is 17.9 Å². The minimum absolute atomic E-state index is 0.0641. The molecule has 4 rings (SSSR count). The van der Waals surface area contributed by atoms with E-state index in [0.717, 1.165) is 16.5 Å². The van der Waals surface area contributed by atoms with E-state index < -0.39 is 6.04 Å². The maximum absolute atomic E-state index is 12.7. The molecule has 2 saturated heterocycles. The van der Waals surface area contributed by atoms with Crippen molar-refractivity contribution in [3.8, 4) is 0 Å². The maximum atomic E-state index is 12.7. The molecule has 2 amide bonds. The van der Waals surface area contributed by atoms with Crippen LogP contribution < -0.4 is 5.32 Å². The Morgan fingerprint density at radius 2 is 2.15 bits per heavy atom. The second kappa shape index (κ2) is 7.44. The Morgan fingerprint density at radius 1 is 1.37 bits per heavy atom. The Bertz CT molecular complexity index is 870. The molecule has 0 unspecified atom stereocenters. The van der Waals surface area contributed by atoms with Gasteiger partial charge in [-0.25, -0.2) is 0 Å². The van der Waals surface area contributed by atoms with Crippen molar-refractivity contribution in [2.45, 2.75) is 47.7 Å². The number of carbonyl (C=O) groups excluding carboxylic acids is 2. The second-order valence-corrected chi connectivity index (χ2v) is 10.6. The molecular formula is C18H20N4O2S3. The second-order valence-electron chi connectivity index (χ2n) is 6.90. The third-order valence-corrected chi connectivity index (χ3v) is 8.42. The lowest BCUT2D eigenvalue weighted by molar-refractivity contribution is -0.135. The smallest absolute Gasteiger partial charge is 0.249 e. The van der Waals surface area contributed by atoms with E-state index in [4.69, 9.17) is 0 Å². The highest BCUT2D eigenvalue weighted by Gasteiger charge is 2.52. The van der Waals surface area contributed by atoms with Gasteiger partial charge in [-0.2, -0.15) is 0 Å². The Hall–Kier alpha value is -1.58. The first-order chi connectivity index (χ1) is 12.9.